The maximum Gasteiger partial charge on any atom is 0.310 e. The maximum absolute atomic E-state index is 11.7. The van der Waals surface area contributed by atoms with Crippen LogP contribution in [0.5, 0.6) is 5.75 Å². The first-order valence-corrected chi connectivity index (χ1v) is 6.13. The first-order valence-electron chi connectivity index (χ1n) is 6.13. The van der Waals surface area contributed by atoms with Gasteiger partial charge in [-0.15, -0.1) is 0 Å². The molecule has 0 amide bonds. The number of phenols is 1. The van der Waals surface area contributed by atoms with Gasteiger partial charge in [-0.1, -0.05) is 48.0 Å². The fourth-order valence-corrected chi connectivity index (χ4v) is 1.80. The van der Waals surface area contributed by atoms with Gasteiger partial charge < -0.3 is 9.84 Å². The van der Waals surface area contributed by atoms with Crippen LogP contribution < -0.4 is 0 Å². The average Bonchev–Trinajstić information content (AvgIpc) is 2.42. The van der Waals surface area contributed by atoms with E-state index in [1.54, 1.807) is 18.2 Å². The van der Waals surface area contributed by atoms with Gasteiger partial charge in [-0.25, -0.2) is 0 Å². The minimum absolute atomic E-state index is 0.0837. The number of hydrogen-bond donors (Lipinski definition) is 1. The number of aromatic hydroxyl groups is 1. The molecule has 2 aromatic rings. The zero-order chi connectivity index (χ0) is 13.7. The second-order valence-electron chi connectivity index (χ2n) is 4.46. The maximum atomic E-state index is 11.7. The molecule has 0 spiro atoms. The van der Waals surface area contributed by atoms with Gasteiger partial charge in [0.25, 0.3) is 0 Å². The minimum Gasteiger partial charge on any atom is -0.508 e. The van der Waals surface area contributed by atoms with Crippen molar-refractivity contribution in [2.24, 2.45) is 0 Å². The summed E-state index contributed by atoms with van der Waals surface area (Å²) in [5.74, 6) is -0.216. The van der Waals surface area contributed by atoms with Gasteiger partial charge in [0.05, 0.1) is 6.42 Å². The molecule has 19 heavy (non-hydrogen) atoms. The van der Waals surface area contributed by atoms with Gasteiger partial charge in [0.2, 0.25) is 0 Å². The highest BCUT2D eigenvalue weighted by Crippen LogP contribution is 2.19. The Balaban J connectivity index is 1.93. The van der Waals surface area contributed by atoms with Gasteiger partial charge in [-0.3, -0.25) is 4.79 Å². The number of carbonyl (C=O) groups excluding carboxylic acids is 1. The summed E-state index contributed by atoms with van der Waals surface area (Å²) >= 11 is 0. The van der Waals surface area contributed by atoms with E-state index in [1.165, 1.54) is 0 Å². The van der Waals surface area contributed by atoms with Crippen molar-refractivity contribution in [2.75, 3.05) is 0 Å². The lowest BCUT2D eigenvalue weighted by Crippen LogP contribution is -2.08. The van der Waals surface area contributed by atoms with E-state index in [0.29, 0.717) is 5.56 Å². The largest absolute Gasteiger partial charge is 0.508 e. The molecule has 0 aromatic heterocycles. The minimum atomic E-state index is -0.343. The third-order valence-electron chi connectivity index (χ3n) is 2.81. The van der Waals surface area contributed by atoms with Crippen molar-refractivity contribution in [2.45, 2.75) is 20.0 Å². The SMILES string of the molecule is Cc1ccc(O)c(CC(=O)OCc2ccccc2)c1. The van der Waals surface area contributed by atoms with Gasteiger partial charge in [-0.05, 0) is 18.6 Å². The molecule has 0 aliphatic rings. The van der Waals surface area contributed by atoms with E-state index in [4.69, 9.17) is 4.74 Å². The molecule has 1 N–H and O–H groups in total. The molecule has 0 saturated carbocycles. The van der Waals surface area contributed by atoms with Crippen LogP contribution in [0.2, 0.25) is 0 Å². The van der Waals surface area contributed by atoms with E-state index in [1.807, 2.05) is 37.3 Å². The Kier molecular flexibility index (Phi) is 4.18. The van der Waals surface area contributed by atoms with Crippen molar-refractivity contribution in [1.82, 2.24) is 0 Å². The number of carbonyl (C=O) groups is 1. The Bertz CT molecular complexity index is 561. The van der Waals surface area contributed by atoms with Crippen molar-refractivity contribution in [3.05, 3.63) is 65.2 Å². The predicted octanol–water partition coefficient (Wildman–Crippen LogP) is 2.99. The van der Waals surface area contributed by atoms with Crippen molar-refractivity contribution in [1.29, 1.82) is 0 Å². The number of ether oxygens (including phenoxy) is 1. The molecule has 0 fully saturated rings. The van der Waals surface area contributed by atoms with E-state index < -0.39 is 0 Å². The first-order chi connectivity index (χ1) is 9.15. The molecule has 0 atom stereocenters. The van der Waals surface area contributed by atoms with Crippen LogP contribution in [0.15, 0.2) is 48.5 Å². The van der Waals surface area contributed by atoms with E-state index in [0.717, 1.165) is 11.1 Å². The second-order valence-corrected chi connectivity index (χ2v) is 4.46. The molecule has 0 radical (unpaired) electrons. The van der Waals surface area contributed by atoms with Crippen LogP contribution in [0.3, 0.4) is 0 Å². The summed E-state index contributed by atoms with van der Waals surface area (Å²) in [6, 6.07) is 14.7. The fraction of sp³-hybridized carbons (Fsp3) is 0.188. The molecule has 0 aliphatic carbocycles. The molecule has 98 valence electrons. The van der Waals surface area contributed by atoms with Crippen molar-refractivity contribution in [3.63, 3.8) is 0 Å². The Morgan fingerprint density at radius 3 is 2.63 bits per heavy atom. The van der Waals surface area contributed by atoms with Crippen LogP contribution in [0.4, 0.5) is 0 Å². The summed E-state index contributed by atoms with van der Waals surface area (Å²) in [6.07, 6.45) is 0.0837. The normalized spacial score (nSPS) is 10.2. The molecule has 2 aromatic carbocycles. The predicted molar refractivity (Wildman–Crippen MR) is 72.8 cm³/mol. The van der Waals surface area contributed by atoms with Crippen LogP contribution in [0.1, 0.15) is 16.7 Å². The van der Waals surface area contributed by atoms with E-state index >= 15 is 0 Å². The third-order valence-corrected chi connectivity index (χ3v) is 2.81. The van der Waals surface area contributed by atoms with Crippen molar-refractivity contribution >= 4 is 5.97 Å². The van der Waals surface area contributed by atoms with Crippen LogP contribution in [0.25, 0.3) is 0 Å². The molecule has 0 aliphatic heterocycles. The number of esters is 1. The Hall–Kier alpha value is -2.29. The first kappa shape index (κ1) is 13.1. The molecule has 3 nitrogen and oxygen atoms in total. The molecule has 0 saturated heterocycles. The highest BCUT2D eigenvalue weighted by atomic mass is 16.5. The number of phenolic OH excluding ortho intramolecular Hbond substituents is 1. The van der Waals surface area contributed by atoms with Gasteiger partial charge in [0, 0.05) is 5.56 Å². The molecule has 0 unspecified atom stereocenters. The van der Waals surface area contributed by atoms with Gasteiger partial charge in [0.15, 0.2) is 0 Å². The highest BCUT2D eigenvalue weighted by Gasteiger charge is 2.09. The van der Waals surface area contributed by atoms with Crippen LogP contribution in [-0.2, 0) is 22.6 Å². The van der Waals surface area contributed by atoms with Crippen molar-refractivity contribution < 1.29 is 14.6 Å². The van der Waals surface area contributed by atoms with Gasteiger partial charge >= 0.3 is 5.97 Å². The summed E-state index contributed by atoms with van der Waals surface area (Å²) in [5.41, 5.74) is 2.55. The van der Waals surface area contributed by atoms with Crippen LogP contribution in [-0.4, -0.2) is 11.1 Å². The zero-order valence-electron chi connectivity index (χ0n) is 10.8. The quantitative estimate of drug-likeness (QED) is 0.855. The lowest BCUT2D eigenvalue weighted by molar-refractivity contribution is -0.144. The van der Waals surface area contributed by atoms with E-state index in [9.17, 15) is 9.90 Å². The molecular weight excluding hydrogens is 240 g/mol. The Morgan fingerprint density at radius 1 is 1.16 bits per heavy atom. The summed E-state index contributed by atoms with van der Waals surface area (Å²) in [7, 11) is 0. The second kappa shape index (κ2) is 6.05. The Labute approximate surface area is 112 Å². The van der Waals surface area contributed by atoms with Gasteiger partial charge in [-0.2, -0.15) is 0 Å². The van der Waals surface area contributed by atoms with Crippen LogP contribution >= 0.6 is 0 Å². The third kappa shape index (κ3) is 3.85. The molecule has 0 bridgehead atoms. The number of benzene rings is 2. The lowest BCUT2D eigenvalue weighted by Gasteiger charge is -2.07. The number of hydrogen-bond acceptors (Lipinski definition) is 3. The van der Waals surface area contributed by atoms with E-state index in [2.05, 4.69) is 0 Å². The summed E-state index contributed by atoms with van der Waals surface area (Å²) in [5, 5.41) is 9.66. The molecular formula is C16H16O3. The molecule has 3 heteroatoms. The van der Waals surface area contributed by atoms with E-state index in [-0.39, 0.29) is 24.7 Å². The number of aryl methyl sites for hydroxylation is 1. The zero-order valence-corrected chi connectivity index (χ0v) is 10.8. The molecule has 2 rings (SSSR count). The number of rotatable bonds is 4. The summed E-state index contributed by atoms with van der Waals surface area (Å²) in [4.78, 5) is 11.7. The highest BCUT2D eigenvalue weighted by molar-refractivity contribution is 5.73. The average molecular weight is 256 g/mol. The fourth-order valence-electron chi connectivity index (χ4n) is 1.80. The van der Waals surface area contributed by atoms with Gasteiger partial charge in [0.1, 0.15) is 12.4 Å². The van der Waals surface area contributed by atoms with Crippen LogP contribution in [0, 0.1) is 6.92 Å². The van der Waals surface area contributed by atoms with Crippen molar-refractivity contribution in [3.8, 4) is 5.75 Å². The topological polar surface area (TPSA) is 46.5 Å². The monoisotopic (exact) mass is 256 g/mol. The lowest BCUT2D eigenvalue weighted by atomic mass is 10.1. The Morgan fingerprint density at radius 2 is 1.89 bits per heavy atom. The summed E-state index contributed by atoms with van der Waals surface area (Å²) in [6.45, 7) is 2.17. The molecule has 0 heterocycles. The standard InChI is InChI=1S/C16H16O3/c1-12-7-8-15(17)14(9-12)10-16(18)19-11-13-5-3-2-4-6-13/h2-9,17H,10-11H2,1H3. The summed E-state index contributed by atoms with van der Waals surface area (Å²) < 4.78 is 5.18. The smallest absolute Gasteiger partial charge is 0.310 e.